The lowest BCUT2D eigenvalue weighted by molar-refractivity contribution is -0.196. The minimum Gasteiger partial charge on any atom is -0.380 e. The predicted octanol–water partition coefficient (Wildman–Crippen LogP) is -0.846. The van der Waals surface area contributed by atoms with Gasteiger partial charge in [0, 0.05) is 28.4 Å². The number of methoxy groups -OCH3 is 4. The number of carbonyl (C=O) groups excluding carboxylic acids is 1. The molecule has 1 N–H and O–H groups in total. The van der Waals surface area contributed by atoms with E-state index in [1.54, 1.807) is 0 Å². The molecule has 0 saturated carbocycles. The first-order valence-corrected chi connectivity index (χ1v) is 3.95. The number of rotatable bonds is 7. The summed E-state index contributed by atoms with van der Waals surface area (Å²) in [5.41, 5.74) is 0. The van der Waals surface area contributed by atoms with Gasteiger partial charge in [0.2, 0.25) is 12.1 Å². The van der Waals surface area contributed by atoms with Gasteiger partial charge in [-0.25, -0.2) is 0 Å². The Morgan fingerprint density at radius 2 is 1.43 bits per heavy atom. The van der Waals surface area contributed by atoms with E-state index < -0.39 is 24.5 Å². The quantitative estimate of drug-likeness (QED) is 0.549. The minimum absolute atomic E-state index is 0.649. The molecule has 0 fully saturated rings. The van der Waals surface area contributed by atoms with Crippen LogP contribution >= 0.6 is 0 Å². The Morgan fingerprint density at radius 1 is 1.00 bits per heavy atom. The fourth-order valence-corrected chi connectivity index (χ4v) is 0.956. The molecule has 0 unspecified atom stereocenters. The molecule has 0 aliphatic rings. The number of ether oxygens (including phenoxy) is 4. The summed E-state index contributed by atoms with van der Waals surface area (Å²) in [5.74, 6) is -0.649. The summed E-state index contributed by atoms with van der Waals surface area (Å²) in [6, 6.07) is 0. The van der Waals surface area contributed by atoms with Gasteiger partial charge < -0.3 is 24.1 Å². The van der Waals surface area contributed by atoms with E-state index in [2.05, 4.69) is 9.47 Å². The van der Waals surface area contributed by atoms with Crippen LogP contribution in [0.15, 0.2) is 0 Å². The highest BCUT2D eigenvalue weighted by atomic mass is 16.7. The molecule has 0 rings (SSSR count). The van der Waals surface area contributed by atoms with Crippen LogP contribution in [-0.2, 0) is 23.7 Å². The molecule has 6 nitrogen and oxygen atoms in total. The fourth-order valence-electron chi connectivity index (χ4n) is 0.956. The van der Waals surface area contributed by atoms with E-state index in [0.29, 0.717) is 0 Å². The Hall–Kier alpha value is -0.530. The van der Waals surface area contributed by atoms with Gasteiger partial charge in [0.15, 0.2) is 12.4 Å². The molecule has 14 heavy (non-hydrogen) atoms. The van der Waals surface area contributed by atoms with Crippen molar-refractivity contribution in [1.29, 1.82) is 0 Å². The number of aliphatic hydroxyl groups excluding tert-OH is 1. The molecule has 84 valence electrons. The lowest BCUT2D eigenvalue weighted by atomic mass is 10.2. The summed E-state index contributed by atoms with van der Waals surface area (Å²) in [6.07, 6.45) is -3.57. The highest BCUT2D eigenvalue weighted by molar-refractivity contribution is 5.86. The Kier molecular flexibility index (Phi) is 6.60. The van der Waals surface area contributed by atoms with Crippen molar-refractivity contribution in [2.45, 2.75) is 18.7 Å². The van der Waals surface area contributed by atoms with Crippen molar-refractivity contribution in [3.63, 3.8) is 0 Å². The third-order valence-corrected chi connectivity index (χ3v) is 1.67. The number of ketones is 1. The van der Waals surface area contributed by atoms with Crippen molar-refractivity contribution in [1.82, 2.24) is 0 Å². The maximum Gasteiger partial charge on any atom is 0.222 e. The van der Waals surface area contributed by atoms with Crippen LogP contribution in [0, 0.1) is 0 Å². The molecule has 6 heteroatoms. The molecule has 0 aromatic carbocycles. The maximum atomic E-state index is 11.4. The summed E-state index contributed by atoms with van der Waals surface area (Å²) >= 11 is 0. The van der Waals surface area contributed by atoms with E-state index >= 15 is 0 Å². The summed E-state index contributed by atoms with van der Waals surface area (Å²) in [5, 5.41) is 9.45. The van der Waals surface area contributed by atoms with Gasteiger partial charge >= 0.3 is 0 Å². The van der Waals surface area contributed by atoms with E-state index in [1.165, 1.54) is 28.4 Å². The van der Waals surface area contributed by atoms with Crippen molar-refractivity contribution in [2.24, 2.45) is 0 Å². The molecule has 1 atom stereocenters. The van der Waals surface area contributed by atoms with Crippen molar-refractivity contribution in [2.75, 3.05) is 28.4 Å². The van der Waals surface area contributed by atoms with Gasteiger partial charge in [0.1, 0.15) is 0 Å². The van der Waals surface area contributed by atoms with Gasteiger partial charge in [0.05, 0.1) is 0 Å². The molecule has 0 spiro atoms. The third kappa shape index (κ3) is 3.32. The smallest absolute Gasteiger partial charge is 0.222 e. The Labute approximate surface area is 82.7 Å². The number of hydrogen-bond donors (Lipinski definition) is 1. The number of hydrogen-bond acceptors (Lipinski definition) is 6. The van der Waals surface area contributed by atoms with E-state index in [1.807, 2.05) is 0 Å². The molecule has 0 aromatic rings. The Bertz CT molecular complexity index is 163. The Balaban J connectivity index is 4.34. The van der Waals surface area contributed by atoms with E-state index in [0.717, 1.165) is 0 Å². The zero-order chi connectivity index (χ0) is 11.1. The SMILES string of the molecule is COC(OC)C(=O)[C@H](O)C(OC)OC. The largest absolute Gasteiger partial charge is 0.380 e. The highest BCUT2D eigenvalue weighted by Crippen LogP contribution is 2.05. The van der Waals surface area contributed by atoms with Crippen LogP contribution < -0.4 is 0 Å². The molecule has 0 radical (unpaired) electrons. The van der Waals surface area contributed by atoms with Gasteiger partial charge in [-0.1, -0.05) is 0 Å². The lowest BCUT2D eigenvalue weighted by Crippen LogP contribution is -2.43. The van der Waals surface area contributed by atoms with Crippen molar-refractivity contribution >= 4 is 5.78 Å². The number of aliphatic hydroxyl groups is 1. The van der Waals surface area contributed by atoms with Gasteiger partial charge in [-0.3, -0.25) is 4.79 Å². The summed E-state index contributed by atoms with van der Waals surface area (Å²) in [4.78, 5) is 11.4. The summed E-state index contributed by atoms with van der Waals surface area (Å²) in [7, 11) is 5.24. The first kappa shape index (κ1) is 13.5. The molecule has 0 aliphatic heterocycles. The van der Waals surface area contributed by atoms with E-state index in [-0.39, 0.29) is 0 Å². The monoisotopic (exact) mass is 208 g/mol. The first-order chi connectivity index (χ1) is 6.62. The molecule has 0 saturated heterocycles. The standard InChI is InChI=1S/C8H16O6/c1-11-7(12-2)5(9)6(10)8(13-3)14-4/h5,7-9H,1-4H3/t5-/m0/s1. The Morgan fingerprint density at radius 3 is 1.71 bits per heavy atom. The zero-order valence-electron chi connectivity index (χ0n) is 8.72. The van der Waals surface area contributed by atoms with Gasteiger partial charge in [-0.05, 0) is 0 Å². The molecule has 0 aliphatic carbocycles. The second kappa shape index (κ2) is 6.86. The van der Waals surface area contributed by atoms with Crippen LogP contribution in [0.5, 0.6) is 0 Å². The molecular weight excluding hydrogens is 192 g/mol. The summed E-state index contributed by atoms with van der Waals surface area (Å²) < 4.78 is 18.8. The molecule has 0 amide bonds. The fraction of sp³-hybridized carbons (Fsp3) is 0.875. The second-order valence-corrected chi connectivity index (χ2v) is 2.49. The van der Waals surface area contributed by atoms with Crippen LogP contribution in [0.4, 0.5) is 0 Å². The molecule has 0 aromatic heterocycles. The van der Waals surface area contributed by atoms with Crippen molar-refractivity contribution in [3.05, 3.63) is 0 Å². The van der Waals surface area contributed by atoms with Crippen molar-refractivity contribution in [3.8, 4) is 0 Å². The predicted molar refractivity (Wildman–Crippen MR) is 46.6 cm³/mol. The van der Waals surface area contributed by atoms with Crippen molar-refractivity contribution < 1.29 is 28.8 Å². The topological polar surface area (TPSA) is 74.2 Å². The first-order valence-electron chi connectivity index (χ1n) is 3.95. The molecule has 0 heterocycles. The highest BCUT2D eigenvalue weighted by Gasteiger charge is 2.32. The van der Waals surface area contributed by atoms with Gasteiger partial charge in [-0.15, -0.1) is 0 Å². The lowest BCUT2D eigenvalue weighted by Gasteiger charge is -2.21. The normalized spacial score (nSPS) is 13.6. The number of carbonyl (C=O) groups is 1. The minimum atomic E-state index is -1.44. The van der Waals surface area contributed by atoms with E-state index in [9.17, 15) is 9.90 Å². The van der Waals surface area contributed by atoms with Crippen LogP contribution in [0.1, 0.15) is 0 Å². The average Bonchev–Trinajstić information content (AvgIpc) is 2.21. The van der Waals surface area contributed by atoms with Gasteiger partial charge in [0.25, 0.3) is 0 Å². The van der Waals surface area contributed by atoms with Crippen LogP contribution in [0.2, 0.25) is 0 Å². The second-order valence-electron chi connectivity index (χ2n) is 2.49. The van der Waals surface area contributed by atoms with Gasteiger partial charge in [-0.2, -0.15) is 0 Å². The molecule has 0 bridgehead atoms. The maximum absolute atomic E-state index is 11.4. The number of Topliss-reactive ketones (excluding diaryl/α,β-unsaturated/α-hetero) is 1. The molecular formula is C8H16O6. The van der Waals surface area contributed by atoms with Crippen LogP contribution in [0.3, 0.4) is 0 Å². The van der Waals surface area contributed by atoms with Crippen LogP contribution in [-0.4, -0.2) is 58.0 Å². The zero-order valence-corrected chi connectivity index (χ0v) is 8.72. The van der Waals surface area contributed by atoms with E-state index in [4.69, 9.17) is 9.47 Å². The third-order valence-electron chi connectivity index (χ3n) is 1.67. The summed E-state index contributed by atoms with van der Waals surface area (Å²) in [6.45, 7) is 0. The van der Waals surface area contributed by atoms with Crippen LogP contribution in [0.25, 0.3) is 0 Å². The average molecular weight is 208 g/mol.